The van der Waals surface area contributed by atoms with E-state index in [1.54, 1.807) is 0 Å². The van der Waals surface area contributed by atoms with Crippen LogP contribution in [0.15, 0.2) is 17.0 Å². The second-order valence-electron chi connectivity index (χ2n) is 4.74. The van der Waals surface area contributed by atoms with Gasteiger partial charge in [-0.3, -0.25) is 4.21 Å². The minimum absolute atomic E-state index is 0.376. The quantitative estimate of drug-likeness (QED) is 0.875. The van der Waals surface area contributed by atoms with E-state index < -0.39 is 10.8 Å². The molecule has 0 amide bonds. The van der Waals surface area contributed by atoms with Gasteiger partial charge in [0.05, 0.1) is 10.8 Å². The first-order valence-electron chi connectivity index (χ1n) is 6.37. The number of aryl methyl sites for hydroxylation is 2. The Balaban J connectivity index is 2.57. The Morgan fingerprint density at radius 1 is 1.35 bits per heavy atom. The zero-order valence-corrected chi connectivity index (χ0v) is 11.7. The molecule has 1 aromatic rings. The molecule has 1 heterocycles. The van der Waals surface area contributed by atoms with E-state index in [0.29, 0.717) is 6.04 Å². The topological polar surface area (TPSA) is 29.1 Å². The smallest absolute Gasteiger partial charge is 0.0535 e. The number of hydrogen-bond donors (Lipinski definition) is 1. The molecule has 2 rings (SSSR count). The third-order valence-corrected chi connectivity index (χ3v) is 5.12. The average Bonchev–Trinajstić information content (AvgIpc) is 2.46. The van der Waals surface area contributed by atoms with Crippen molar-refractivity contribution in [2.24, 2.45) is 0 Å². The van der Waals surface area contributed by atoms with E-state index in [1.165, 1.54) is 16.7 Å². The van der Waals surface area contributed by atoms with Crippen LogP contribution in [0.2, 0.25) is 0 Å². The summed E-state index contributed by atoms with van der Waals surface area (Å²) in [4.78, 5) is 1.09. The van der Waals surface area contributed by atoms with Crippen LogP contribution in [0.1, 0.15) is 42.5 Å². The zero-order valence-electron chi connectivity index (χ0n) is 10.9. The van der Waals surface area contributed by atoms with Crippen molar-refractivity contribution < 1.29 is 4.21 Å². The van der Waals surface area contributed by atoms with Gasteiger partial charge in [0.1, 0.15) is 0 Å². The van der Waals surface area contributed by atoms with Crippen LogP contribution in [0.4, 0.5) is 0 Å². The molecular formula is C14H21NOS. The normalized spacial score (nSPS) is 24.2. The third kappa shape index (κ3) is 2.45. The molecular weight excluding hydrogens is 230 g/mol. The zero-order chi connectivity index (χ0) is 12.4. The van der Waals surface area contributed by atoms with Crippen molar-refractivity contribution in [3.05, 3.63) is 28.8 Å². The Morgan fingerprint density at radius 3 is 2.76 bits per heavy atom. The van der Waals surface area contributed by atoms with Gasteiger partial charge in [0.2, 0.25) is 0 Å². The van der Waals surface area contributed by atoms with Crippen molar-refractivity contribution in [2.45, 2.75) is 44.6 Å². The highest BCUT2D eigenvalue weighted by Gasteiger charge is 2.24. The van der Waals surface area contributed by atoms with Gasteiger partial charge in [0, 0.05) is 16.7 Å². The molecule has 0 radical (unpaired) electrons. The first-order valence-corrected chi connectivity index (χ1v) is 7.69. The van der Waals surface area contributed by atoms with Gasteiger partial charge in [-0.15, -0.1) is 0 Å². The molecule has 3 heteroatoms. The minimum atomic E-state index is -0.819. The van der Waals surface area contributed by atoms with E-state index in [1.807, 2.05) is 0 Å². The molecule has 0 aromatic heterocycles. The molecule has 2 atom stereocenters. The molecule has 0 spiro atoms. The fraction of sp³-hybridized carbons (Fsp3) is 0.571. The van der Waals surface area contributed by atoms with Crippen molar-refractivity contribution >= 4 is 10.8 Å². The van der Waals surface area contributed by atoms with E-state index in [9.17, 15) is 4.21 Å². The van der Waals surface area contributed by atoms with Gasteiger partial charge in [-0.05, 0) is 49.9 Å². The van der Waals surface area contributed by atoms with Gasteiger partial charge < -0.3 is 5.32 Å². The summed E-state index contributed by atoms with van der Waals surface area (Å²) in [5, 5.41) is 3.53. The maximum atomic E-state index is 12.3. The summed E-state index contributed by atoms with van der Waals surface area (Å²) < 4.78 is 12.3. The number of benzene rings is 1. The molecule has 1 N–H and O–H groups in total. The molecule has 2 nitrogen and oxygen atoms in total. The summed E-state index contributed by atoms with van der Waals surface area (Å²) in [5.41, 5.74) is 3.74. The van der Waals surface area contributed by atoms with Crippen LogP contribution < -0.4 is 5.32 Å². The first-order chi connectivity index (χ1) is 8.15. The van der Waals surface area contributed by atoms with E-state index in [0.717, 1.165) is 30.0 Å². The van der Waals surface area contributed by atoms with Gasteiger partial charge in [0.25, 0.3) is 0 Å². The molecule has 94 valence electrons. The summed E-state index contributed by atoms with van der Waals surface area (Å²) in [7, 11) is -0.819. The van der Waals surface area contributed by atoms with Gasteiger partial charge in [0.15, 0.2) is 0 Å². The molecule has 0 saturated heterocycles. The highest BCUT2D eigenvalue weighted by atomic mass is 32.2. The highest BCUT2D eigenvalue weighted by molar-refractivity contribution is 7.85. The van der Waals surface area contributed by atoms with Crippen molar-refractivity contribution in [1.29, 1.82) is 0 Å². The lowest BCUT2D eigenvalue weighted by atomic mass is 9.96. The van der Waals surface area contributed by atoms with Crippen LogP contribution in [0.3, 0.4) is 0 Å². The first kappa shape index (κ1) is 12.8. The SMILES string of the molecule is CCNC1CCCS(=O)c2c(C)ccc(C)c21. The van der Waals surface area contributed by atoms with E-state index >= 15 is 0 Å². The second kappa shape index (κ2) is 5.32. The third-order valence-electron chi connectivity index (χ3n) is 3.46. The Kier molecular flexibility index (Phi) is 4.00. The largest absolute Gasteiger partial charge is 0.310 e. The summed E-state index contributed by atoms with van der Waals surface area (Å²) in [5.74, 6) is 0.805. The molecule has 0 aliphatic carbocycles. The lowest BCUT2D eigenvalue weighted by Gasteiger charge is -2.21. The van der Waals surface area contributed by atoms with E-state index in [4.69, 9.17) is 0 Å². The second-order valence-corrected chi connectivity index (χ2v) is 6.25. The van der Waals surface area contributed by atoms with Crippen molar-refractivity contribution in [3.63, 3.8) is 0 Å². The molecule has 0 fully saturated rings. The molecule has 1 aliphatic heterocycles. The number of nitrogens with one attached hydrogen (secondary N) is 1. The summed E-state index contributed by atoms with van der Waals surface area (Å²) >= 11 is 0. The Bertz CT molecular complexity index is 442. The molecule has 1 aromatic carbocycles. The molecule has 1 aliphatic rings. The summed E-state index contributed by atoms with van der Waals surface area (Å²) in [6, 6.07) is 4.63. The van der Waals surface area contributed by atoms with Crippen LogP contribution in [-0.4, -0.2) is 16.5 Å². The molecule has 0 saturated carbocycles. The van der Waals surface area contributed by atoms with Crippen LogP contribution in [0.25, 0.3) is 0 Å². The Morgan fingerprint density at radius 2 is 2.06 bits per heavy atom. The lowest BCUT2D eigenvalue weighted by molar-refractivity contribution is 0.506. The van der Waals surface area contributed by atoms with Gasteiger partial charge in [-0.25, -0.2) is 0 Å². The fourth-order valence-corrected chi connectivity index (χ4v) is 4.27. The lowest BCUT2D eigenvalue weighted by Crippen LogP contribution is -2.22. The van der Waals surface area contributed by atoms with Crippen LogP contribution in [0.5, 0.6) is 0 Å². The Hall–Kier alpha value is -0.670. The number of hydrogen-bond acceptors (Lipinski definition) is 2. The van der Waals surface area contributed by atoms with Crippen molar-refractivity contribution in [3.8, 4) is 0 Å². The van der Waals surface area contributed by atoms with Crippen molar-refractivity contribution in [2.75, 3.05) is 12.3 Å². The molecule has 0 bridgehead atoms. The number of fused-ring (bicyclic) bond motifs is 1. The monoisotopic (exact) mass is 251 g/mol. The summed E-state index contributed by atoms with van der Waals surface area (Å²) in [6.45, 7) is 7.30. The van der Waals surface area contributed by atoms with E-state index in [2.05, 4.69) is 38.2 Å². The predicted molar refractivity (Wildman–Crippen MR) is 72.8 cm³/mol. The van der Waals surface area contributed by atoms with Crippen LogP contribution >= 0.6 is 0 Å². The van der Waals surface area contributed by atoms with Crippen LogP contribution in [-0.2, 0) is 10.8 Å². The maximum Gasteiger partial charge on any atom is 0.0535 e. The number of rotatable bonds is 2. The van der Waals surface area contributed by atoms with E-state index in [-0.39, 0.29) is 0 Å². The molecule has 17 heavy (non-hydrogen) atoms. The fourth-order valence-electron chi connectivity index (χ4n) is 2.66. The van der Waals surface area contributed by atoms with Gasteiger partial charge in [-0.1, -0.05) is 19.1 Å². The average molecular weight is 251 g/mol. The van der Waals surface area contributed by atoms with Crippen molar-refractivity contribution in [1.82, 2.24) is 5.32 Å². The van der Waals surface area contributed by atoms with Gasteiger partial charge in [-0.2, -0.15) is 0 Å². The maximum absolute atomic E-state index is 12.3. The predicted octanol–water partition coefficient (Wildman–Crippen LogP) is 2.86. The summed E-state index contributed by atoms with van der Waals surface area (Å²) in [6.07, 6.45) is 2.13. The van der Waals surface area contributed by atoms with Gasteiger partial charge >= 0.3 is 0 Å². The Labute approximate surface area is 106 Å². The highest BCUT2D eigenvalue weighted by Crippen LogP contribution is 2.33. The van der Waals surface area contributed by atoms with Crippen LogP contribution in [0, 0.1) is 13.8 Å². The molecule has 2 unspecified atom stereocenters. The minimum Gasteiger partial charge on any atom is -0.310 e. The standard InChI is InChI=1S/C14H21NOS/c1-4-15-12-6-5-9-17(16)14-11(3)8-7-10(2)13(12)14/h7-8,12,15H,4-6,9H2,1-3H3.